The number of ketones is 1. The first-order valence-electron chi connectivity index (χ1n) is 6.92. The summed E-state index contributed by atoms with van der Waals surface area (Å²) < 4.78 is 4.83. The second-order valence-corrected chi connectivity index (χ2v) is 4.90. The normalized spacial score (nSPS) is 10.4. The third-order valence-electron chi connectivity index (χ3n) is 3.59. The third kappa shape index (κ3) is 2.37. The van der Waals surface area contributed by atoms with Gasteiger partial charge in [0.25, 0.3) is 0 Å². The molecule has 0 atom stereocenters. The molecular weight excluding hydrogens is 276 g/mol. The molecule has 0 fully saturated rings. The van der Waals surface area contributed by atoms with Gasteiger partial charge in [-0.1, -0.05) is 60.7 Å². The van der Waals surface area contributed by atoms with Crippen molar-refractivity contribution in [3.05, 3.63) is 83.4 Å². The Morgan fingerprint density at radius 3 is 2.05 bits per heavy atom. The highest BCUT2D eigenvalue weighted by molar-refractivity contribution is 6.20. The van der Waals surface area contributed by atoms with Gasteiger partial charge in [0.15, 0.2) is 5.78 Å². The van der Waals surface area contributed by atoms with Crippen LogP contribution in [0.1, 0.15) is 26.3 Å². The van der Waals surface area contributed by atoms with Crippen LogP contribution in [-0.2, 0) is 4.74 Å². The predicted octanol–water partition coefficient (Wildman–Crippen LogP) is 3.86. The summed E-state index contributed by atoms with van der Waals surface area (Å²) in [6, 6.07) is 19.8. The van der Waals surface area contributed by atoms with Crippen LogP contribution in [0.15, 0.2) is 66.7 Å². The van der Waals surface area contributed by atoms with Gasteiger partial charge in [-0.3, -0.25) is 4.79 Å². The molecule has 0 amide bonds. The van der Waals surface area contributed by atoms with Gasteiger partial charge < -0.3 is 4.74 Å². The first-order valence-corrected chi connectivity index (χ1v) is 6.92. The van der Waals surface area contributed by atoms with Crippen LogP contribution in [0.2, 0.25) is 0 Å². The molecule has 0 aliphatic carbocycles. The lowest BCUT2D eigenvalue weighted by Gasteiger charge is -2.10. The molecular formula is C19H14O3. The molecule has 3 heteroatoms. The minimum atomic E-state index is -0.445. The molecule has 3 aromatic rings. The number of hydrogen-bond acceptors (Lipinski definition) is 3. The first-order chi connectivity index (χ1) is 10.7. The number of benzene rings is 3. The van der Waals surface area contributed by atoms with Gasteiger partial charge in [0.1, 0.15) is 0 Å². The van der Waals surface area contributed by atoms with Crippen LogP contribution in [0.3, 0.4) is 0 Å². The lowest BCUT2D eigenvalue weighted by molar-refractivity contribution is 0.0603. The largest absolute Gasteiger partial charge is 0.465 e. The van der Waals surface area contributed by atoms with Crippen molar-refractivity contribution in [3.8, 4) is 0 Å². The van der Waals surface area contributed by atoms with Crippen LogP contribution in [0, 0.1) is 0 Å². The molecule has 0 radical (unpaired) electrons. The number of rotatable bonds is 3. The van der Waals surface area contributed by atoms with Gasteiger partial charge in [0.2, 0.25) is 0 Å². The zero-order valence-corrected chi connectivity index (χ0v) is 12.1. The van der Waals surface area contributed by atoms with Gasteiger partial charge in [0.05, 0.1) is 12.7 Å². The van der Waals surface area contributed by atoms with E-state index in [1.165, 1.54) is 7.11 Å². The number of ether oxygens (including phenoxy) is 1. The van der Waals surface area contributed by atoms with Crippen molar-refractivity contribution < 1.29 is 14.3 Å². The minimum Gasteiger partial charge on any atom is -0.465 e. The van der Waals surface area contributed by atoms with Crippen molar-refractivity contribution in [1.82, 2.24) is 0 Å². The highest BCUT2D eigenvalue weighted by Crippen LogP contribution is 2.26. The second kappa shape index (κ2) is 5.82. The fourth-order valence-electron chi connectivity index (χ4n) is 2.56. The van der Waals surface area contributed by atoms with Crippen LogP contribution in [0.25, 0.3) is 10.8 Å². The van der Waals surface area contributed by atoms with Crippen molar-refractivity contribution in [2.24, 2.45) is 0 Å². The maximum Gasteiger partial charge on any atom is 0.338 e. The van der Waals surface area contributed by atoms with Crippen molar-refractivity contribution >= 4 is 22.5 Å². The quantitative estimate of drug-likeness (QED) is 0.543. The average Bonchev–Trinajstić information content (AvgIpc) is 2.60. The fourth-order valence-corrected chi connectivity index (χ4v) is 2.56. The number of esters is 1. The van der Waals surface area contributed by atoms with Gasteiger partial charge >= 0.3 is 5.97 Å². The average molecular weight is 290 g/mol. The topological polar surface area (TPSA) is 43.4 Å². The first kappa shape index (κ1) is 14.0. The Kier molecular flexibility index (Phi) is 3.71. The van der Waals surface area contributed by atoms with E-state index in [4.69, 9.17) is 4.74 Å². The van der Waals surface area contributed by atoms with Crippen molar-refractivity contribution in [2.75, 3.05) is 7.11 Å². The highest BCUT2D eigenvalue weighted by Gasteiger charge is 2.18. The molecule has 0 bridgehead atoms. The summed E-state index contributed by atoms with van der Waals surface area (Å²) in [6.45, 7) is 0. The summed E-state index contributed by atoms with van der Waals surface area (Å²) in [5.74, 6) is -0.554. The van der Waals surface area contributed by atoms with Gasteiger partial charge in [-0.05, 0) is 11.5 Å². The number of carbonyl (C=O) groups is 2. The Bertz CT molecular complexity index is 846. The lowest BCUT2D eigenvalue weighted by Crippen LogP contribution is -2.07. The molecule has 3 nitrogen and oxygen atoms in total. The Morgan fingerprint density at radius 2 is 1.41 bits per heavy atom. The van der Waals surface area contributed by atoms with E-state index in [0.29, 0.717) is 22.1 Å². The highest BCUT2D eigenvalue weighted by atomic mass is 16.5. The predicted molar refractivity (Wildman–Crippen MR) is 85.2 cm³/mol. The Balaban J connectivity index is 2.26. The van der Waals surface area contributed by atoms with Gasteiger partial charge in [-0.25, -0.2) is 4.79 Å². The third-order valence-corrected chi connectivity index (χ3v) is 3.59. The number of methoxy groups -OCH3 is 1. The number of hydrogen-bond donors (Lipinski definition) is 0. The number of carbonyl (C=O) groups excluding carboxylic acids is 2. The van der Waals surface area contributed by atoms with E-state index in [2.05, 4.69) is 0 Å². The SMILES string of the molecule is COC(=O)c1cccc2cccc(C(=O)c3ccccc3)c12. The van der Waals surface area contributed by atoms with Crippen LogP contribution in [-0.4, -0.2) is 18.9 Å². The van der Waals surface area contributed by atoms with E-state index in [0.717, 1.165) is 5.39 Å². The molecule has 3 aromatic carbocycles. The van der Waals surface area contributed by atoms with E-state index >= 15 is 0 Å². The fraction of sp³-hybridized carbons (Fsp3) is 0.0526. The molecule has 0 aromatic heterocycles. The Morgan fingerprint density at radius 1 is 0.773 bits per heavy atom. The molecule has 0 aliphatic heterocycles. The van der Waals surface area contributed by atoms with E-state index in [1.54, 1.807) is 30.3 Å². The Hall–Kier alpha value is -2.94. The zero-order valence-electron chi connectivity index (χ0n) is 12.1. The second-order valence-electron chi connectivity index (χ2n) is 4.90. The monoisotopic (exact) mass is 290 g/mol. The summed E-state index contributed by atoms with van der Waals surface area (Å²) in [5, 5.41) is 1.47. The molecule has 0 aliphatic rings. The zero-order chi connectivity index (χ0) is 15.5. The molecule has 0 spiro atoms. The van der Waals surface area contributed by atoms with Gasteiger partial charge in [0, 0.05) is 16.5 Å². The molecule has 0 heterocycles. The van der Waals surface area contributed by atoms with Crippen LogP contribution in [0.4, 0.5) is 0 Å². The van der Waals surface area contributed by atoms with Crippen molar-refractivity contribution in [1.29, 1.82) is 0 Å². The maximum absolute atomic E-state index is 12.8. The molecule has 108 valence electrons. The molecule has 0 unspecified atom stereocenters. The van der Waals surface area contributed by atoms with Crippen LogP contribution in [0.5, 0.6) is 0 Å². The molecule has 0 saturated heterocycles. The Labute approximate surface area is 128 Å². The molecule has 0 saturated carbocycles. The maximum atomic E-state index is 12.8. The van der Waals surface area contributed by atoms with E-state index < -0.39 is 5.97 Å². The summed E-state index contributed by atoms with van der Waals surface area (Å²) in [7, 11) is 1.34. The molecule has 22 heavy (non-hydrogen) atoms. The van der Waals surface area contributed by atoms with E-state index in [9.17, 15) is 9.59 Å². The molecule has 0 N–H and O–H groups in total. The van der Waals surface area contributed by atoms with Gasteiger partial charge in [-0.2, -0.15) is 0 Å². The lowest BCUT2D eigenvalue weighted by atomic mass is 9.94. The van der Waals surface area contributed by atoms with E-state index in [-0.39, 0.29) is 5.78 Å². The summed E-state index contributed by atoms with van der Waals surface area (Å²) >= 11 is 0. The van der Waals surface area contributed by atoms with Crippen molar-refractivity contribution in [3.63, 3.8) is 0 Å². The standard InChI is InChI=1S/C19H14O3/c1-22-19(21)16-12-6-10-13-9-5-11-15(17(13)16)18(20)14-7-3-2-4-8-14/h2-12H,1H3. The van der Waals surface area contributed by atoms with E-state index in [1.807, 2.05) is 36.4 Å². The van der Waals surface area contributed by atoms with Crippen LogP contribution < -0.4 is 0 Å². The number of fused-ring (bicyclic) bond motifs is 1. The van der Waals surface area contributed by atoms with Crippen LogP contribution >= 0.6 is 0 Å². The summed E-state index contributed by atoms with van der Waals surface area (Å²) in [5.41, 5.74) is 1.50. The molecule has 3 rings (SSSR count). The summed E-state index contributed by atoms with van der Waals surface area (Å²) in [6.07, 6.45) is 0. The minimum absolute atomic E-state index is 0.109. The summed E-state index contributed by atoms with van der Waals surface area (Å²) in [4.78, 5) is 24.8. The van der Waals surface area contributed by atoms with Crippen molar-refractivity contribution in [2.45, 2.75) is 0 Å². The van der Waals surface area contributed by atoms with Gasteiger partial charge in [-0.15, -0.1) is 0 Å². The smallest absolute Gasteiger partial charge is 0.338 e.